The predicted molar refractivity (Wildman–Crippen MR) is 103 cm³/mol. The largest absolute Gasteiger partial charge is 0.476 e. The van der Waals surface area contributed by atoms with Crippen molar-refractivity contribution in [2.24, 2.45) is 0 Å². The number of halogens is 1. The molecule has 1 amide bonds. The molecule has 2 aromatic carbocycles. The molecule has 8 heteroatoms. The number of hydrogen-bond acceptors (Lipinski definition) is 4. The van der Waals surface area contributed by atoms with Crippen molar-refractivity contribution in [2.45, 2.75) is 24.3 Å². The molecule has 0 fully saturated rings. The molecule has 1 N–H and O–H groups in total. The van der Waals surface area contributed by atoms with E-state index >= 15 is 0 Å². The van der Waals surface area contributed by atoms with Crippen LogP contribution >= 0.6 is 15.9 Å². The third-order valence-corrected chi connectivity index (χ3v) is 6.23. The van der Waals surface area contributed by atoms with Gasteiger partial charge in [0.05, 0.1) is 17.1 Å². The summed E-state index contributed by atoms with van der Waals surface area (Å²) in [5.74, 6) is 0.0461. The van der Waals surface area contributed by atoms with Crippen molar-refractivity contribution < 1.29 is 17.9 Å². The molecular weight excluding hydrogens is 420 g/mol. The maximum absolute atomic E-state index is 13.2. The number of anilines is 1. The third kappa shape index (κ3) is 3.71. The number of hydrogen-bond donors (Lipinski definition) is 1. The average molecular weight is 439 g/mol. The highest BCUT2D eigenvalue weighted by molar-refractivity contribution is 9.10. The SMILES string of the molecule is CCCNC(=O)C1CN(S(=O)(=O)c2cccc(Br)c2)c2ccccc2O1. The van der Waals surface area contributed by atoms with E-state index in [0.717, 1.165) is 6.42 Å². The normalized spacial score (nSPS) is 16.5. The van der Waals surface area contributed by atoms with Crippen LogP contribution in [0, 0.1) is 0 Å². The predicted octanol–water partition coefficient (Wildman–Crippen LogP) is 2.93. The van der Waals surface area contributed by atoms with E-state index in [2.05, 4.69) is 21.2 Å². The molecule has 0 bridgehead atoms. The summed E-state index contributed by atoms with van der Waals surface area (Å²) in [5, 5.41) is 2.76. The Morgan fingerprint density at radius 3 is 2.77 bits per heavy atom. The van der Waals surface area contributed by atoms with Gasteiger partial charge in [0.25, 0.3) is 15.9 Å². The van der Waals surface area contributed by atoms with Crippen LogP contribution < -0.4 is 14.4 Å². The van der Waals surface area contributed by atoms with Crippen molar-refractivity contribution in [3.63, 3.8) is 0 Å². The lowest BCUT2D eigenvalue weighted by Crippen LogP contribution is -2.50. The lowest BCUT2D eigenvalue weighted by Gasteiger charge is -2.34. The van der Waals surface area contributed by atoms with Crippen LogP contribution in [0.15, 0.2) is 57.9 Å². The van der Waals surface area contributed by atoms with E-state index in [1.807, 2.05) is 6.92 Å². The Morgan fingerprint density at radius 2 is 2.04 bits per heavy atom. The highest BCUT2D eigenvalue weighted by atomic mass is 79.9. The standard InChI is InChI=1S/C18H19BrN2O4S/c1-2-10-20-18(22)17-12-21(15-8-3-4-9-16(15)25-17)26(23,24)14-7-5-6-13(19)11-14/h3-9,11,17H,2,10,12H2,1H3,(H,20,22). The van der Waals surface area contributed by atoms with Crippen LogP contribution in [-0.4, -0.2) is 33.5 Å². The summed E-state index contributed by atoms with van der Waals surface area (Å²) in [6, 6.07) is 13.3. The lowest BCUT2D eigenvalue weighted by atomic mass is 10.2. The topological polar surface area (TPSA) is 75.7 Å². The van der Waals surface area contributed by atoms with Gasteiger partial charge in [0, 0.05) is 11.0 Å². The Morgan fingerprint density at radius 1 is 1.27 bits per heavy atom. The highest BCUT2D eigenvalue weighted by Gasteiger charge is 2.37. The minimum atomic E-state index is -3.84. The van der Waals surface area contributed by atoms with E-state index in [0.29, 0.717) is 22.5 Å². The molecule has 6 nitrogen and oxygen atoms in total. The van der Waals surface area contributed by atoms with E-state index in [4.69, 9.17) is 4.74 Å². The molecule has 1 heterocycles. The first-order valence-corrected chi connectivity index (χ1v) is 10.5. The number of benzene rings is 2. The number of carbonyl (C=O) groups is 1. The minimum absolute atomic E-state index is 0.0819. The Labute approximate surface area is 161 Å². The molecule has 138 valence electrons. The second-order valence-corrected chi connectivity index (χ2v) is 8.64. The fraction of sp³-hybridized carbons (Fsp3) is 0.278. The smallest absolute Gasteiger partial charge is 0.264 e. The van der Waals surface area contributed by atoms with Crippen molar-refractivity contribution in [3.8, 4) is 5.75 Å². The maximum atomic E-state index is 13.2. The number of fused-ring (bicyclic) bond motifs is 1. The molecule has 1 atom stereocenters. The van der Waals surface area contributed by atoms with Crippen LogP contribution in [0.3, 0.4) is 0 Å². The second kappa shape index (κ2) is 7.67. The van der Waals surface area contributed by atoms with E-state index < -0.39 is 16.1 Å². The zero-order valence-electron chi connectivity index (χ0n) is 14.2. The quantitative estimate of drug-likeness (QED) is 0.778. The first kappa shape index (κ1) is 18.7. The summed E-state index contributed by atoms with van der Waals surface area (Å²) in [6.45, 7) is 2.38. The Kier molecular flexibility index (Phi) is 5.52. The molecule has 0 saturated heterocycles. The summed E-state index contributed by atoms with van der Waals surface area (Å²) in [7, 11) is -3.84. The summed E-state index contributed by atoms with van der Waals surface area (Å²) in [4.78, 5) is 12.5. The molecule has 1 aliphatic heterocycles. The van der Waals surface area contributed by atoms with Gasteiger partial charge in [0.2, 0.25) is 0 Å². The number of sulfonamides is 1. The Hall–Kier alpha value is -2.06. The molecule has 0 spiro atoms. The number of nitrogens with zero attached hydrogens (tertiary/aromatic N) is 1. The van der Waals surface area contributed by atoms with Crippen molar-refractivity contribution in [1.29, 1.82) is 0 Å². The van der Waals surface area contributed by atoms with Crippen molar-refractivity contribution in [1.82, 2.24) is 5.32 Å². The average Bonchev–Trinajstić information content (AvgIpc) is 2.65. The second-order valence-electron chi connectivity index (χ2n) is 5.86. The van der Waals surface area contributed by atoms with E-state index in [1.165, 1.54) is 10.4 Å². The van der Waals surface area contributed by atoms with Crippen molar-refractivity contribution in [2.75, 3.05) is 17.4 Å². The molecule has 2 aromatic rings. The molecule has 3 rings (SSSR count). The third-order valence-electron chi connectivity index (χ3n) is 3.96. The molecular formula is C18H19BrN2O4S. The minimum Gasteiger partial charge on any atom is -0.476 e. The summed E-state index contributed by atoms with van der Waals surface area (Å²) < 4.78 is 34.1. The zero-order valence-corrected chi connectivity index (χ0v) is 16.6. The molecule has 0 aliphatic carbocycles. The molecule has 1 unspecified atom stereocenters. The van der Waals surface area contributed by atoms with Crippen LogP contribution in [0.1, 0.15) is 13.3 Å². The van der Waals surface area contributed by atoms with Gasteiger partial charge >= 0.3 is 0 Å². The Bertz CT molecular complexity index is 917. The molecule has 1 aliphatic rings. The molecule has 0 saturated carbocycles. The number of amides is 1. The van der Waals surface area contributed by atoms with Gasteiger partial charge in [0.1, 0.15) is 5.75 Å². The summed E-state index contributed by atoms with van der Waals surface area (Å²) in [5.41, 5.74) is 0.423. The number of para-hydroxylation sites is 2. The fourth-order valence-electron chi connectivity index (χ4n) is 2.68. The van der Waals surface area contributed by atoms with E-state index in [-0.39, 0.29) is 17.3 Å². The van der Waals surface area contributed by atoms with Gasteiger partial charge in [-0.05, 0) is 36.8 Å². The zero-order chi connectivity index (χ0) is 18.7. The van der Waals surface area contributed by atoms with Gasteiger partial charge in [-0.15, -0.1) is 0 Å². The fourth-order valence-corrected chi connectivity index (χ4v) is 4.76. The molecule has 0 radical (unpaired) electrons. The summed E-state index contributed by atoms with van der Waals surface area (Å²) >= 11 is 3.30. The van der Waals surface area contributed by atoms with Gasteiger partial charge in [-0.25, -0.2) is 8.42 Å². The van der Waals surface area contributed by atoms with E-state index in [9.17, 15) is 13.2 Å². The molecule has 26 heavy (non-hydrogen) atoms. The monoisotopic (exact) mass is 438 g/mol. The van der Waals surface area contributed by atoms with Gasteiger partial charge in [-0.1, -0.05) is 41.1 Å². The van der Waals surface area contributed by atoms with Gasteiger partial charge < -0.3 is 10.1 Å². The maximum Gasteiger partial charge on any atom is 0.264 e. The van der Waals surface area contributed by atoms with Crippen LogP contribution in [0.4, 0.5) is 5.69 Å². The van der Waals surface area contributed by atoms with Crippen LogP contribution in [0.25, 0.3) is 0 Å². The van der Waals surface area contributed by atoms with Gasteiger partial charge in [0.15, 0.2) is 6.10 Å². The van der Waals surface area contributed by atoms with Crippen molar-refractivity contribution >= 4 is 37.5 Å². The number of rotatable bonds is 5. The highest BCUT2D eigenvalue weighted by Crippen LogP contribution is 2.37. The first-order chi connectivity index (χ1) is 12.4. The first-order valence-electron chi connectivity index (χ1n) is 8.25. The number of nitrogens with one attached hydrogen (secondary N) is 1. The van der Waals surface area contributed by atoms with Crippen LogP contribution in [0.2, 0.25) is 0 Å². The van der Waals surface area contributed by atoms with Gasteiger partial charge in [-0.2, -0.15) is 0 Å². The van der Waals surface area contributed by atoms with Crippen molar-refractivity contribution in [3.05, 3.63) is 53.0 Å². The number of carbonyl (C=O) groups excluding carboxylic acids is 1. The molecule has 0 aromatic heterocycles. The van der Waals surface area contributed by atoms with E-state index in [1.54, 1.807) is 42.5 Å². The van der Waals surface area contributed by atoms with Gasteiger partial charge in [-0.3, -0.25) is 9.10 Å². The van der Waals surface area contributed by atoms with Crippen LogP contribution in [-0.2, 0) is 14.8 Å². The Balaban J connectivity index is 2.00. The summed E-state index contributed by atoms with van der Waals surface area (Å²) in [6.07, 6.45) is -0.117. The number of ether oxygens (including phenoxy) is 1. The van der Waals surface area contributed by atoms with Crippen LogP contribution in [0.5, 0.6) is 5.75 Å². The lowest BCUT2D eigenvalue weighted by molar-refractivity contribution is -0.127.